The number of carbonyl (C=O) groups is 2. The van der Waals surface area contributed by atoms with Crippen molar-refractivity contribution in [2.75, 3.05) is 27.3 Å². The van der Waals surface area contributed by atoms with Crippen LogP contribution in [0.15, 0.2) is 48.5 Å². The Morgan fingerprint density at radius 2 is 1.70 bits per heavy atom. The number of benzene rings is 2. The second-order valence-corrected chi connectivity index (χ2v) is 8.33. The van der Waals surface area contributed by atoms with Crippen molar-refractivity contribution in [2.24, 2.45) is 0 Å². The minimum Gasteiger partial charge on any atom is -0.497 e. The number of carbonyl (C=O) groups excluding carboxylic acids is 2. The molecular formula is C25H26N4O4. The van der Waals surface area contributed by atoms with Crippen LogP contribution < -0.4 is 9.47 Å². The van der Waals surface area contributed by atoms with Crippen molar-refractivity contribution in [3.05, 3.63) is 76.6 Å². The lowest BCUT2D eigenvalue weighted by Crippen LogP contribution is -2.39. The van der Waals surface area contributed by atoms with Crippen LogP contribution in [0.1, 0.15) is 37.7 Å². The van der Waals surface area contributed by atoms with Crippen LogP contribution in [0, 0.1) is 0 Å². The van der Waals surface area contributed by atoms with E-state index in [1.807, 2.05) is 24.3 Å². The Balaban J connectivity index is 1.33. The lowest BCUT2D eigenvalue weighted by Gasteiger charge is -2.28. The van der Waals surface area contributed by atoms with Gasteiger partial charge in [-0.3, -0.25) is 14.3 Å². The topological polar surface area (TPSA) is 76.9 Å². The third-order valence-corrected chi connectivity index (χ3v) is 6.29. The fourth-order valence-corrected chi connectivity index (χ4v) is 4.50. The summed E-state index contributed by atoms with van der Waals surface area (Å²) in [5.74, 6) is 1.08. The quantitative estimate of drug-likeness (QED) is 0.602. The molecule has 2 aliphatic heterocycles. The zero-order valence-electron chi connectivity index (χ0n) is 18.8. The molecule has 0 fully saturated rings. The number of fused-ring (bicyclic) bond motifs is 2. The van der Waals surface area contributed by atoms with E-state index in [0.717, 1.165) is 17.5 Å². The van der Waals surface area contributed by atoms with E-state index in [0.29, 0.717) is 55.6 Å². The van der Waals surface area contributed by atoms with E-state index in [1.54, 1.807) is 40.8 Å². The predicted molar refractivity (Wildman–Crippen MR) is 121 cm³/mol. The molecule has 0 bridgehead atoms. The summed E-state index contributed by atoms with van der Waals surface area (Å²) in [6.45, 7) is 2.69. The van der Waals surface area contributed by atoms with Crippen molar-refractivity contribution in [2.45, 2.75) is 26.1 Å². The maximum absolute atomic E-state index is 13.2. The number of rotatable bonds is 5. The highest BCUT2D eigenvalue weighted by Gasteiger charge is 2.30. The molecule has 0 aliphatic carbocycles. The first-order chi connectivity index (χ1) is 16.1. The van der Waals surface area contributed by atoms with E-state index in [2.05, 4.69) is 17.2 Å². The van der Waals surface area contributed by atoms with E-state index in [1.165, 1.54) is 5.56 Å². The molecule has 0 unspecified atom stereocenters. The second kappa shape index (κ2) is 8.61. The van der Waals surface area contributed by atoms with Crippen molar-refractivity contribution < 1.29 is 19.1 Å². The van der Waals surface area contributed by atoms with Gasteiger partial charge in [0.1, 0.15) is 17.2 Å². The van der Waals surface area contributed by atoms with Crippen molar-refractivity contribution in [1.82, 2.24) is 19.6 Å². The zero-order chi connectivity index (χ0) is 22.9. The van der Waals surface area contributed by atoms with Gasteiger partial charge in [0.2, 0.25) is 0 Å². The molecule has 33 heavy (non-hydrogen) atoms. The summed E-state index contributed by atoms with van der Waals surface area (Å²) in [7, 11) is 3.20. The van der Waals surface area contributed by atoms with E-state index in [9.17, 15) is 9.59 Å². The first kappa shape index (κ1) is 21.1. The van der Waals surface area contributed by atoms with Gasteiger partial charge in [0, 0.05) is 38.3 Å². The van der Waals surface area contributed by atoms with Crippen molar-refractivity contribution in [3.8, 4) is 11.5 Å². The van der Waals surface area contributed by atoms with Gasteiger partial charge in [-0.05, 0) is 35.2 Å². The SMILES string of the molecule is COc1cc(CN2CCn3nc(C(=O)N4CCc5ccccc5C4)cc3C2=O)cc(OC)c1. The number of amides is 2. The Morgan fingerprint density at radius 1 is 0.970 bits per heavy atom. The minimum atomic E-state index is -0.140. The van der Waals surface area contributed by atoms with Crippen LogP contribution in [0.25, 0.3) is 0 Å². The van der Waals surface area contributed by atoms with Crippen molar-refractivity contribution in [1.29, 1.82) is 0 Å². The summed E-state index contributed by atoms with van der Waals surface area (Å²) in [5.41, 5.74) is 4.12. The largest absolute Gasteiger partial charge is 0.497 e. The van der Waals surface area contributed by atoms with Crippen LogP contribution >= 0.6 is 0 Å². The fraction of sp³-hybridized carbons (Fsp3) is 0.320. The molecule has 2 aromatic carbocycles. The summed E-state index contributed by atoms with van der Waals surface area (Å²) < 4.78 is 12.3. The third-order valence-electron chi connectivity index (χ3n) is 6.29. The molecule has 170 valence electrons. The Morgan fingerprint density at radius 3 is 2.42 bits per heavy atom. The van der Waals surface area contributed by atoms with Crippen molar-refractivity contribution >= 4 is 11.8 Å². The summed E-state index contributed by atoms with van der Waals surface area (Å²) >= 11 is 0. The highest BCUT2D eigenvalue weighted by molar-refractivity contribution is 5.98. The molecular weight excluding hydrogens is 420 g/mol. The number of nitrogens with zero attached hydrogens (tertiary/aromatic N) is 4. The maximum atomic E-state index is 13.2. The van der Waals surface area contributed by atoms with Crippen molar-refractivity contribution in [3.63, 3.8) is 0 Å². The number of methoxy groups -OCH3 is 2. The van der Waals surface area contributed by atoms with Crippen LogP contribution in [0.5, 0.6) is 11.5 Å². The average Bonchev–Trinajstić information content (AvgIpc) is 3.30. The zero-order valence-corrected chi connectivity index (χ0v) is 18.8. The normalized spacial score (nSPS) is 15.2. The standard InChI is InChI=1S/C25H26N4O4/c1-32-20-11-17(12-21(13-20)33-2)15-28-9-10-29-23(25(28)31)14-22(26-29)24(30)27-8-7-18-5-3-4-6-19(18)16-27/h3-6,11-14H,7-10,15-16H2,1-2H3. The predicted octanol–water partition coefficient (Wildman–Crippen LogP) is 2.75. The molecule has 8 nitrogen and oxygen atoms in total. The molecule has 3 heterocycles. The molecule has 0 saturated carbocycles. The van der Waals surface area contributed by atoms with Crippen LogP contribution in [0.2, 0.25) is 0 Å². The van der Waals surface area contributed by atoms with Gasteiger partial charge in [-0.25, -0.2) is 0 Å². The lowest BCUT2D eigenvalue weighted by atomic mass is 10.00. The average molecular weight is 447 g/mol. The first-order valence-corrected chi connectivity index (χ1v) is 11.0. The second-order valence-electron chi connectivity index (χ2n) is 8.33. The highest BCUT2D eigenvalue weighted by Crippen LogP contribution is 2.25. The number of hydrogen-bond donors (Lipinski definition) is 0. The van der Waals surface area contributed by atoms with Crippen LogP contribution in [0.3, 0.4) is 0 Å². The maximum Gasteiger partial charge on any atom is 0.274 e. The highest BCUT2D eigenvalue weighted by atomic mass is 16.5. The van der Waals surface area contributed by atoms with E-state index < -0.39 is 0 Å². The molecule has 2 amide bonds. The Bertz CT molecular complexity index is 1200. The molecule has 0 atom stereocenters. The van der Waals surface area contributed by atoms with Crippen LogP contribution in [-0.2, 0) is 26.1 Å². The van der Waals surface area contributed by atoms with Gasteiger partial charge in [-0.1, -0.05) is 24.3 Å². The van der Waals surface area contributed by atoms with Gasteiger partial charge in [-0.15, -0.1) is 0 Å². The molecule has 8 heteroatoms. The molecule has 0 radical (unpaired) electrons. The molecule has 3 aromatic rings. The first-order valence-electron chi connectivity index (χ1n) is 11.0. The Hall–Kier alpha value is -3.81. The molecule has 5 rings (SSSR count). The summed E-state index contributed by atoms with van der Waals surface area (Å²) in [4.78, 5) is 29.9. The van der Waals surface area contributed by atoms with Gasteiger partial charge >= 0.3 is 0 Å². The number of ether oxygens (including phenoxy) is 2. The Kier molecular flexibility index (Phi) is 5.50. The van der Waals surface area contributed by atoms with Gasteiger partial charge in [-0.2, -0.15) is 5.10 Å². The van der Waals surface area contributed by atoms with E-state index in [4.69, 9.17) is 9.47 Å². The summed E-state index contributed by atoms with van der Waals surface area (Å²) in [6.07, 6.45) is 0.826. The molecule has 2 aliphatic rings. The number of hydrogen-bond acceptors (Lipinski definition) is 5. The number of aromatic nitrogens is 2. The summed E-state index contributed by atoms with van der Waals surface area (Å²) in [6, 6.07) is 15.4. The molecule has 0 saturated heterocycles. The van der Waals surface area contributed by atoms with Crippen LogP contribution in [0.4, 0.5) is 0 Å². The monoisotopic (exact) mass is 446 g/mol. The fourth-order valence-electron chi connectivity index (χ4n) is 4.50. The van der Waals surface area contributed by atoms with Gasteiger partial charge in [0.25, 0.3) is 11.8 Å². The third kappa shape index (κ3) is 4.04. The summed E-state index contributed by atoms with van der Waals surface area (Å²) in [5, 5.41) is 4.47. The van der Waals surface area contributed by atoms with E-state index >= 15 is 0 Å². The molecule has 1 aromatic heterocycles. The van der Waals surface area contributed by atoms with Crippen LogP contribution in [-0.4, -0.2) is 58.7 Å². The lowest BCUT2D eigenvalue weighted by molar-refractivity contribution is 0.0679. The molecule has 0 spiro atoms. The van der Waals surface area contributed by atoms with Gasteiger partial charge in [0.05, 0.1) is 20.8 Å². The smallest absolute Gasteiger partial charge is 0.274 e. The van der Waals surface area contributed by atoms with Gasteiger partial charge in [0.15, 0.2) is 5.69 Å². The van der Waals surface area contributed by atoms with E-state index in [-0.39, 0.29) is 11.8 Å². The minimum absolute atomic E-state index is 0.136. The Labute approximate surface area is 192 Å². The van der Waals surface area contributed by atoms with Gasteiger partial charge < -0.3 is 19.3 Å². The molecule has 0 N–H and O–H groups in total.